The van der Waals surface area contributed by atoms with E-state index < -0.39 is 6.10 Å². The summed E-state index contributed by atoms with van der Waals surface area (Å²) in [6.45, 7) is 5.49. The van der Waals surface area contributed by atoms with Crippen LogP contribution in [0, 0.1) is 0 Å². The topological polar surface area (TPSA) is 44.8 Å². The van der Waals surface area contributed by atoms with Crippen LogP contribution in [0.5, 0.6) is 5.75 Å². The van der Waals surface area contributed by atoms with Gasteiger partial charge in [-0.3, -0.25) is 0 Å². The number of carbonyl (C=O) groups excluding carboxylic acids is 1. The molecule has 0 amide bonds. The highest BCUT2D eigenvalue weighted by Crippen LogP contribution is 2.43. The fraction of sp³-hybridized carbons (Fsp3) is 0.344. The Balaban J connectivity index is 1.28. The highest BCUT2D eigenvalue weighted by atomic mass is 16.6. The number of fused-ring (bicyclic) bond motifs is 3. The number of hydrogen-bond acceptors (Lipinski definition) is 4. The standard InChI is InChI=1S/C32H36O4/c1-3-5-21-36-31(32(33)34-4-2)23-24-17-19-25(20-18-24)35-22-11-10-16-30-28-14-8-6-12-26(28)27-13-7-9-15-29(27)30/h6-9,12-20,31H,3-5,10-11,21-23H2,1-2H3. The van der Waals surface area contributed by atoms with Gasteiger partial charge in [0.25, 0.3) is 0 Å². The minimum atomic E-state index is -0.567. The predicted octanol–water partition coefficient (Wildman–Crippen LogP) is 7.25. The summed E-state index contributed by atoms with van der Waals surface area (Å²) >= 11 is 0. The predicted molar refractivity (Wildman–Crippen MR) is 145 cm³/mol. The van der Waals surface area contributed by atoms with Crippen LogP contribution >= 0.6 is 0 Å². The van der Waals surface area contributed by atoms with Gasteiger partial charge >= 0.3 is 5.97 Å². The highest BCUT2D eigenvalue weighted by Gasteiger charge is 2.22. The van der Waals surface area contributed by atoms with Crippen molar-refractivity contribution in [3.05, 3.63) is 95.6 Å². The van der Waals surface area contributed by atoms with Crippen molar-refractivity contribution < 1.29 is 19.0 Å². The molecule has 0 aromatic heterocycles. The number of esters is 1. The van der Waals surface area contributed by atoms with E-state index in [4.69, 9.17) is 14.2 Å². The average Bonchev–Trinajstić information content (AvgIpc) is 3.23. The zero-order chi connectivity index (χ0) is 25.2. The normalized spacial score (nSPS) is 12.6. The van der Waals surface area contributed by atoms with E-state index in [1.165, 1.54) is 27.8 Å². The zero-order valence-electron chi connectivity index (χ0n) is 21.4. The third kappa shape index (κ3) is 6.44. The molecule has 3 aromatic rings. The number of benzene rings is 3. The van der Waals surface area contributed by atoms with Crippen LogP contribution in [0.25, 0.3) is 16.7 Å². The number of unbranched alkanes of at least 4 members (excludes halogenated alkanes) is 2. The first-order valence-corrected chi connectivity index (χ1v) is 13.1. The van der Waals surface area contributed by atoms with Crippen LogP contribution in [0.2, 0.25) is 0 Å². The van der Waals surface area contributed by atoms with Crippen LogP contribution in [0.3, 0.4) is 0 Å². The summed E-state index contributed by atoms with van der Waals surface area (Å²) in [6.07, 6.45) is 6.11. The minimum absolute atomic E-state index is 0.296. The van der Waals surface area contributed by atoms with Gasteiger partial charge in [0.05, 0.1) is 13.2 Å². The molecular weight excluding hydrogens is 448 g/mol. The van der Waals surface area contributed by atoms with Crippen LogP contribution in [0.15, 0.2) is 78.9 Å². The van der Waals surface area contributed by atoms with Gasteiger partial charge in [-0.25, -0.2) is 4.79 Å². The van der Waals surface area contributed by atoms with Gasteiger partial charge in [-0.15, -0.1) is 0 Å². The largest absolute Gasteiger partial charge is 0.494 e. The lowest BCUT2D eigenvalue weighted by atomic mass is 10.0. The molecule has 0 fully saturated rings. The molecule has 0 saturated carbocycles. The van der Waals surface area contributed by atoms with E-state index in [9.17, 15) is 4.79 Å². The summed E-state index contributed by atoms with van der Waals surface area (Å²) < 4.78 is 17.0. The molecule has 1 unspecified atom stereocenters. The van der Waals surface area contributed by atoms with E-state index in [1.54, 1.807) is 0 Å². The van der Waals surface area contributed by atoms with Crippen molar-refractivity contribution in [2.24, 2.45) is 0 Å². The Labute approximate surface area is 214 Å². The van der Waals surface area contributed by atoms with E-state index in [0.29, 0.717) is 26.2 Å². The van der Waals surface area contributed by atoms with Gasteiger partial charge in [-0.1, -0.05) is 80.1 Å². The molecule has 188 valence electrons. The molecule has 4 heteroatoms. The van der Waals surface area contributed by atoms with Gasteiger partial charge < -0.3 is 14.2 Å². The van der Waals surface area contributed by atoms with Crippen molar-refractivity contribution >= 4 is 11.5 Å². The number of allylic oxidation sites excluding steroid dienone is 1. The molecule has 4 nitrogen and oxygen atoms in total. The van der Waals surface area contributed by atoms with E-state index in [1.807, 2.05) is 31.2 Å². The van der Waals surface area contributed by atoms with Gasteiger partial charge in [0.2, 0.25) is 0 Å². The lowest BCUT2D eigenvalue weighted by molar-refractivity contribution is -0.156. The Morgan fingerprint density at radius 2 is 1.44 bits per heavy atom. The molecule has 4 rings (SSSR count). The molecule has 36 heavy (non-hydrogen) atoms. The first-order chi connectivity index (χ1) is 17.7. The maximum absolute atomic E-state index is 12.3. The second-order valence-corrected chi connectivity index (χ2v) is 9.01. The average molecular weight is 485 g/mol. The zero-order valence-corrected chi connectivity index (χ0v) is 21.4. The maximum Gasteiger partial charge on any atom is 0.335 e. The summed E-state index contributed by atoms with van der Waals surface area (Å²) in [6, 6.07) is 25.2. The molecular formula is C32H36O4. The molecule has 1 aliphatic rings. The Morgan fingerprint density at radius 1 is 0.806 bits per heavy atom. The lowest BCUT2D eigenvalue weighted by Crippen LogP contribution is -2.29. The third-order valence-electron chi connectivity index (χ3n) is 6.40. The van der Waals surface area contributed by atoms with Crippen LogP contribution in [-0.4, -0.2) is 31.9 Å². The first kappa shape index (κ1) is 25.7. The second kappa shape index (κ2) is 13.1. The van der Waals surface area contributed by atoms with Gasteiger partial charge in [0.15, 0.2) is 6.10 Å². The van der Waals surface area contributed by atoms with Gasteiger partial charge in [0, 0.05) is 13.0 Å². The Kier molecular flexibility index (Phi) is 9.34. The molecule has 0 aliphatic heterocycles. The van der Waals surface area contributed by atoms with Crippen molar-refractivity contribution in [2.75, 3.05) is 19.8 Å². The molecule has 1 atom stereocenters. The Hall–Kier alpha value is -3.37. The van der Waals surface area contributed by atoms with Crippen molar-refractivity contribution in [1.29, 1.82) is 0 Å². The van der Waals surface area contributed by atoms with Crippen molar-refractivity contribution in [1.82, 2.24) is 0 Å². The van der Waals surface area contributed by atoms with Crippen molar-refractivity contribution in [3.63, 3.8) is 0 Å². The number of ether oxygens (including phenoxy) is 3. The number of carbonyl (C=O) groups is 1. The quantitative estimate of drug-likeness (QED) is 0.148. The SMILES string of the molecule is CCCCOC(Cc1ccc(OCCCC=C2c3ccccc3-c3ccccc32)cc1)C(=O)OCC. The van der Waals surface area contributed by atoms with Crippen molar-refractivity contribution in [3.8, 4) is 16.9 Å². The molecule has 0 N–H and O–H groups in total. The first-order valence-electron chi connectivity index (χ1n) is 13.1. The molecule has 0 bridgehead atoms. The number of rotatable bonds is 13. The summed E-state index contributed by atoms with van der Waals surface area (Å²) in [5.41, 5.74) is 7.61. The summed E-state index contributed by atoms with van der Waals surface area (Å²) in [5, 5.41) is 0. The molecule has 0 spiro atoms. The lowest BCUT2D eigenvalue weighted by Gasteiger charge is -2.16. The Morgan fingerprint density at radius 3 is 2.06 bits per heavy atom. The molecule has 0 radical (unpaired) electrons. The number of hydrogen-bond donors (Lipinski definition) is 0. The third-order valence-corrected chi connectivity index (χ3v) is 6.40. The summed E-state index contributed by atoms with van der Waals surface area (Å²) in [7, 11) is 0. The summed E-state index contributed by atoms with van der Waals surface area (Å²) in [4.78, 5) is 12.3. The van der Waals surface area contributed by atoms with Crippen LogP contribution < -0.4 is 4.74 Å². The van der Waals surface area contributed by atoms with Gasteiger partial charge in [-0.05, 0) is 71.7 Å². The molecule has 0 heterocycles. The van der Waals surface area contributed by atoms with Gasteiger partial charge in [-0.2, -0.15) is 0 Å². The van der Waals surface area contributed by atoms with Crippen molar-refractivity contribution in [2.45, 2.75) is 52.1 Å². The van der Waals surface area contributed by atoms with Crippen LogP contribution in [-0.2, 0) is 20.7 Å². The van der Waals surface area contributed by atoms with E-state index in [2.05, 4.69) is 61.5 Å². The molecule has 3 aromatic carbocycles. The van der Waals surface area contributed by atoms with E-state index >= 15 is 0 Å². The monoisotopic (exact) mass is 484 g/mol. The van der Waals surface area contributed by atoms with E-state index in [0.717, 1.165) is 37.0 Å². The maximum atomic E-state index is 12.3. The van der Waals surface area contributed by atoms with Crippen LogP contribution in [0.1, 0.15) is 56.2 Å². The Bertz CT molecular complexity index is 1120. The minimum Gasteiger partial charge on any atom is -0.494 e. The fourth-order valence-corrected chi connectivity index (χ4v) is 4.54. The molecule has 0 saturated heterocycles. The summed E-state index contributed by atoms with van der Waals surface area (Å²) in [5.74, 6) is 0.540. The second-order valence-electron chi connectivity index (χ2n) is 9.01. The molecule has 1 aliphatic carbocycles. The fourth-order valence-electron chi connectivity index (χ4n) is 4.54. The van der Waals surface area contributed by atoms with Gasteiger partial charge in [0.1, 0.15) is 5.75 Å². The smallest absolute Gasteiger partial charge is 0.335 e. The highest BCUT2D eigenvalue weighted by molar-refractivity contribution is 6.01. The van der Waals surface area contributed by atoms with Crippen LogP contribution in [0.4, 0.5) is 0 Å². The van der Waals surface area contributed by atoms with E-state index in [-0.39, 0.29) is 5.97 Å².